The molecule has 0 fully saturated rings. The van der Waals surface area contributed by atoms with Crippen LogP contribution in [0, 0.1) is 5.21 Å². The number of rotatable bonds is 2. The first-order valence-corrected chi connectivity index (χ1v) is 3.42. The van der Waals surface area contributed by atoms with Crippen molar-refractivity contribution in [3.8, 4) is 0 Å². The van der Waals surface area contributed by atoms with Crippen LogP contribution in [0.2, 0.25) is 0 Å². The molecule has 0 bridgehead atoms. The second-order valence-electron chi connectivity index (χ2n) is 2.29. The molecule has 0 saturated carbocycles. The highest BCUT2D eigenvalue weighted by molar-refractivity contribution is 5.54. The summed E-state index contributed by atoms with van der Waals surface area (Å²) in [6.07, 6.45) is 0. The van der Waals surface area contributed by atoms with Gasteiger partial charge in [-0.25, -0.2) is 0 Å². The van der Waals surface area contributed by atoms with E-state index in [9.17, 15) is 5.21 Å². The molecule has 60 valence electrons. The van der Waals surface area contributed by atoms with Crippen molar-refractivity contribution in [2.75, 3.05) is 24.5 Å². The molecule has 3 nitrogen and oxygen atoms in total. The van der Waals surface area contributed by atoms with Crippen LogP contribution in [0.5, 0.6) is 0 Å². The molecule has 0 saturated heterocycles. The fourth-order valence-electron chi connectivity index (χ4n) is 0.838. The minimum absolute atomic E-state index is 0.670. The molecule has 1 N–H and O–H groups in total. The normalized spacial score (nSPS) is 9.36. The fraction of sp³-hybridized carbons (Fsp3) is 0.250. The van der Waals surface area contributed by atoms with Crippen LogP contribution >= 0.6 is 0 Å². The third kappa shape index (κ3) is 1.85. The van der Waals surface area contributed by atoms with Crippen LogP contribution in [-0.4, -0.2) is 14.1 Å². The van der Waals surface area contributed by atoms with Gasteiger partial charge in [0.2, 0.25) is 0 Å². The predicted molar refractivity (Wildman–Crippen MR) is 47.8 cm³/mol. The number of benzene rings is 1. The van der Waals surface area contributed by atoms with Gasteiger partial charge in [0.25, 0.3) is 0 Å². The Labute approximate surface area is 66.2 Å². The molecule has 0 radical (unpaired) electrons. The summed E-state index contributed by atoms with van der Waals surface area (Å²) in [5.41, 5.74) is 1.68. The third-order valence-corrected chi connectivity index (χ3v) is 1.52. The largest absolute Gasteiger partial charge is 0.758 e. The quantitative estimate of drug-likeness (QED) is 0.653. The van der Waals surface area contributed by atoms with Crippen LogP contribution in [0.4, 0.5) is 11.4 Å². The smallest absolute Gasteiger partial charge is 0.0339 e. The van der Waals surface area contributed by atoms with Gasteiger partial charge in [-0.15, -0.1) is 0 Å². The van der Waals surface area contributed by atoms with Gasteiger partial charge in [0, 0.05) is 18.4 Å². The molecule has 11 heavy (non-hydrogen) atoms. The van der Waals surface area contributed by atoms with E-state index < -0.39 is 0 Å². The van der Waals surface area contributed by atoms with Crippen molar-refractivity contribution < 1.29 is 0 Å². The molecule has 3 heteroatoms. The van der Waals surface area contributed by atoms with Crippen LogP contribution in [0.15, 0.2) is 24.3 Å². The Morgan fingerprint density at radius 2 is 1.82 bits per heavy atom. The summed E-state index contributed by atoms with van der Waals surface area (Å²) in [6.45, 7) is 0. The van der Waals surface area contributed by atoms with Crippen molar-refractivity contribution >= 4 is 11.4 Å². The molecule has 0 aromatic heterocycles. The lowest BCUT2D eigenvalue weighted by atomic mass is 10.3. The minimum atomic E-state index is 0.670. The second-order valence-corrected chi connectivity index (χ2v) is 2.29. The molecular formula is C8H11N2O-. The van der Waals surface area contributed by atoms with Gasteiger partial charge in [-0.3, -0.25) is 0 Å². The number of hydrogen-bond donors (Lipinski definition) is 1. The SMILES string of the molecule is CNc1ccc(N(C)[O-])cc1. The van der Waals surface area contributed by atoms with E-state index in [2.05, 4.69) is 5.32 Å². The summed E-state index contributed by atoms with van der Waals surface area (Å²) in [4.78, 5) is 0. The van der Waals surface area contributed by atoms with Gasteiger partial charge >= 0.3 is 0 Å². The summed E-state index contributed by atoms with van der Waals surface area (Å²) in [5, 5.41) is 14.5. The first kappa shape index (κ1) is 7.88. The molecule has 0 atom stereocenters. The zero-order valence-corrected chi connectivity index (χ0v) is 6.66. The van der Waals surface area contributed by atoms with E-state index in [1.165, 1.54) is 7.05 Å². The zero-order chi connectivity index (χ0) is 8.27. The van der Waals surface area contributed by atoms with E-state index in [0.717, 1.165) is 10.8 Å². The topological polar surface area (TPSA) is 38.3 Å². The molecule has 1 aromatic carbocycles. The highest BCUT2D eigenvalue weighted by Crippen LogP contribution is 2.14. The molecule has 0 unspecified atom stereocenters. The standard InChI is InChI=1S/C8H11N2O/c1-9-7-3-5-8(6-4-7)10(2)11/h3-6,9H,1-2H3/q-1. The Kier molecular flexibility index (Phi) is 2.33. The molecule has 0 amide bonds. The summed E-state index contributed by atoms with van der Waals surface area (Å²) in [6, 6.07) is 7.28. The Morgan fingerprint density at radius 3 is 2.18 bits per heavy atom. The van der Waals surface area contributed by atoms with E-state index in [4.69, 9.17) is 0 Å². The summed E-state index contributed by atoms with van der Waals surface area (Å²) >= 11 is 0. The summed E-state index contributed by atoms with van der Waals surface area (Å²) in [7, 11) is 3.32. The maximum Gasteiger partial charge on any atom is 0.0339 e. The van der Waals surface area contributed by atoms with Crippen molar-refractivity contribution in [1.29, 1.82) is 0 Å². The van der Waals surface area contributed by atoms with E-state index in [-0.39, 0.29) is 0 Å². The molecule has 1 rings (SSSR count). The van der Waals surface area contributed by atoms with E-state index in [0.29, 0.717) is 5.69 Å². The summed E-state index contributed by atoms with van der Waals surface area (Å²) in [5.74, 6) is 0. The lowest BCUT2D eigenvalue weighted by Gasteiger charge is -2.24. The Morgan fingerprint density at radius 1 is 1.27 bits per heavy atom. The van der Waals surface area contributed by atoms with Crippen molar-refractivity contribution in [3.63, 3.8) is 0 Å². The van der Waals surface area contributed by atoms with Gasteiger partial charge in [0.1, 0.15) is 0 Å². The fourth-order valence-corrected chi connectivity index (χ4v) is 0.838. The van der Waals surface area contributed by atoms with Gasteiger partial charge in [0.15, 0.2) is 0 Å². The highest BCUT2D eigenvalue weighted by Gasteiger charge is 1.89. The maximum atomic E-state index is 10.7. The van der Waals surface area contributed by atoms with Crippen molar-refractivity contribution in [3.05, 3.63) is 29.5 Å². The highest BCUT2D eigenvalue weighted by atomic mass is 16.5. The average molecular weight is 151 g/mol. The molecule has 0 heterocycles. The molecule has 0 aliphatic carbocycles. The Bertz CT molecular complexity index is 218. The average Bonchev–Trinajstić information content (AvgIpc) is 2.05. The second kappa shape index (κ2) is 3.25. The Balaban J connectivity index is 2.83. The lowest BCUT2D eigenvalue weighted by molar-refractivity contribution is 1.22. The third-order valence-electron chi connectivity index (χ3n) is 1.52. The van der Waals surface area contributed by atoms with Crippen LogP contribution in [0.3, 0.4) is 0 Å². The molecular weight excluding hydrogens is 140 g/mol. The number of hydrogen-bond acceptors (Lipinski definition) is 3. The molecule has 1 aromatic rings. The summed E-state index contributed by atoms with van der Waals surface area (Å²) < 4.78 is 0. The first-order valence-electron chi connectivity index (χ1n) is 3.42. The van der Waals surface area contributed by atoms with E-state index >= 15 is 0 Å². The zero-order valence-electron chi connectivity index (χ0n) is 6.66. The van der Waals surface area contributed by atoms with E-state index in [1.807, 2.05) is 19.2 Å². The monoisotopic (exact) mass is 151 g/mol. The predicted octanol–water partition coefficient (Wildman–Crippen LogP) is 1.66. The van der Waals surface area contributed by atoms with Gasteiger partial charge in [0.05, 0.1) is 0 Å². The molecule has 0 aliphatic rings. The van der Waals surface area contributed by atoms with Crippen molar-refractivity contribution in [2.45, 2.75) is 0 Å². The van der Waals surface area contributed by atoms with Crippen LogP contribution in [-0.2, 0) is 0 Å². The maximum absolute atomic E-state index is 10.7. The van der Waals surface area contributed by atoms with Crippen molar-refractivity contribution in [1.82, 2.24) is 0 Å². The van der Waals surface area contributed by atoms with Crippen LogP contribution in [0.25, 0.3) is 0 Å². The van der Waals surface area contributed by atoms with Gasteiger partial charge in [-0.05, 0) is 31.3 Å². The number of hydroxylamine groups is 1. The first-order chi connectivity index (χ1) is 5.24. The number of nitrogens with zero attached hydrogens (tertiary/aromatic N) is 1. The van der Waals surface area contributed by atoms with Crippen LogP contribution < -0.4 is 10.4 Å². The van der Waals surface area contributed by atoms with Gasteiger partial charge in [-0.2, -0.15) is 0 Å². The number of nitrogens with one attached hydrogen (secondary N) is 1. The molecule has 0 spiro atoms. The van der Waals surface area contributed by atoms with Crippen molar-refractivity contribution in [2.24, 2.45) is 0 Å². The van der Waals surface area contributed by atoms with Gasteiger partial charge in [-0.1, -0.05) is 0 Å². The minimum Gasteiger partial charge on any atom is -0.758 e. The van der Waals surface area contributed by atoms with Gasteiger partial charge < -0.3 is 15.6 Å². The number of anilines is 2. The lowest BCUT2D eigenvalue weighted by Crippen LogP contribution is -2.05. The van der Waals surface area contributed by atoms with Crippen LogP contribution in [0.1, 0.15) is 0 Å². The molecule has 0 aliphatic heterocycles. The van der Waals surface area contributed by atoms with E-state index in [1.54, 1.807) is 12.1 Å². The Hall–Kier alpha value is -1.22.